The second-order valence-electron chi connectivity index (χ2n) is 7.57. The van der Waals surface area contributed by atoms with Gasteiger partial charge in [-0.1, -0.05) is 50.3 Å². The first-order valence-corrected chi connectivity index (χ1v) is 11.2. The van der Waals surface area contributed by atoms with Crippen molar-refractivity contribution < 1.29 is 19.5 Å². The number of hydrogen-bond donors (Lipinski definition) is 2. The molecule has 0 saturated heterocycles. The van der Waals surface area contributed by atoms with Gasteiger partial charge in [-0.15, -0.1) is 0 Å². The smallest absolute Gasteiger partial charge is 0.323 e. The lowest BCUT2D eigenvalue weighted by Gasteiger charge is -2.30. The molecule has 0 atom stereocenters. The van der Waals surface area contributed by atoms with E-state index in [2.05, 4.69) is 5.32 Å². The zero-order valence-corrected chi connectivity index (χ0v) is 17.7. The van der Waals surface area contributed by atoms with Gasteiger partial charge in [0.1, 0.15) is 6.54 Å². The van der Waals surface area contributed by atoms with Crippen molar-refractivity contribution in [1.82, 2.24) is 10.2 Å². The zero-order valence-electron chi connectivity index (χ0n) is 16.9. The molecule has 2 aliphatic rings. The van der Waals surface area contributed by atoms with Crippen LogP contribution in [0, 0.1) is 0 Å². The molecule has 2 N–H and O–H groups in total. The molecule has 27 heavy (non-hydrogen) atoms. The number of nitrogens with zero attached hydrogens (tertiary/aromatic N) is 1. The van der Waals surface area contributed by atoms with Crippen LogP contribution in [0.2, 0.25) is 0 Å². The van der Waals surface area contributed by atoms with E-state index in [1.54, 1.807) is 0 Å². The van der Waals surface area contributed by atoms with Crippen molar-refractivity contribution >= 4 is 28.8 Å². The Kier molecular flexibility index (Phi) is 12.4. The van der Waals surface area contributed by atoms with Crippen molar-refractivity contribution in [1.29, 1.82) is 0 Å². The Bertz CT molecular complexity index is 445. The van der Waals surface area contributed by atoms with Crippen LogP contribution in [0.4, 0.5) is 0 Å². The lowest BCUT2D eigenvalue weighted by Crippen LogP contribution is -2.40. The van der Waals surface area contributed by atoms with Crippen LogP contribution in [0.5, 0.6) is 0 Å². The molecule has 0 radical (unpaired) electrons. The summed E-state index contributed by atoms with van der Waals surface area (Å²) in [6.45, 7) is 1.12. The maximum atomic E-state index is 11.2. The molecule has 6 nitrogen and oxygen atoms in total. The van der Waals surface area contributed by atoms with Gasteiger partial charge in [-0.3, -0.25) is 14.4 Å². The minimum atomic E-state index is -1.04. The highest BCUT2D eigenvalue weighted by molar-refractivity contribution is 8.13. The highest BCUT2D eigenvalue weighted by Gasteiger charge is 2.19. The minimum absolute atomic E-state index is 0.0429. The van der Waals surface area contributed by atoms with Crippen LogP contribution in [0.1, 0.15) is 77.6 Å². The van der Waals surface area contributed by atoms with E-state index in [0.29, 0.717) is 5.75 Å². The third kappa shape index (κ3) is 12.1. The third-order valence-corrected chi connectivity index (χ3v) is 5.92. The van der Waals surface area contributed by atoms with E-state index in [9.17, 15) is 14.4 Å². The van der Waals surface area contributed by atoms with E-state index in [4.69, 9.17) is 5.11 Å². The molecule has 1 amide bonds. The van der Waals surface area contributed by atoms with Crippen LogP contribution in [0.25, 0.3) is 0 Å². The summed E-state index contributed by atoms with van der Waals surface area (Å²) >= 11 is 1.06. The number of carbonyl (C=O) groups excluding carboxylic acids is 2. The Hall–Kier alpha value is -1.08. The molecule has 7 heteroatoms. The SMILES string of the molecule is C1CCC(NC2CCCCC2)CC1.CC(=O)SCCC(=O)N(C)CC(=O)O. The Morgan fingerprint density at radius 2 is 1.44 bits per heavy atom. The molecule has 156 valence electrons. The summed E-state index contributed by atoms with van der Waals surface area (Å²) in [7, 11) is 1.43. The van der Waals surface area contributed by atoms with Crippen molar-refractivity contribution in [3.05, 3.63) is 0 Å². The summed E-state index contributed by atoms with van der Waals surface area (Å²) in [5, 5.41) is 12.2. The minimum Gasteiger partial charge on any atom is -0.480 e. The third-order valence-electron chi connectivity index (χ3n) is 5.10. The molecule has 0 spiro atoms. The van der Waals surface area contributed by atoms with Crippen LogP contribution in [-0.2, 0) is 14.4 Å². The molecule has 2 fully saturated rings. The molecule has 0 aliphatic heterocycles. The Morgan fingerprint density at radius 3 is 1.85 bits per heavy atom. The molecule has 0 aromatic heterocycles. The van der Waals surface area contributed by atoms with E-state index >= 15 is 0 Å². The summed E-state index contributed by atoms with van der Waals surface area (Å²) in [5.74, 6) is -0.904. The molecule has 0 unspecified atom stereocenters. The van der Waals surface area contributed by atoms with Crippen LogP contribution in [0.15, 0.2) is 0 Å². The summed E-state index contributed by atoms with van der Waals surface area (Å²) in [6, 6.07) is 1.74. The molecule has 2 rings (SSSR count). The normalized spacial score (nSPS) is 18.3. The van der Waals surface area contributed by atoms with Gasteiger partial charge in [-0.05, 0) is 25.7 Å². The highest BCUT2D eigenvalue weighted by atomic mass is 32.2. The number of thioether (sulfide) groups is 1. The number of carbonyl (C=O) groups is 3. The van der Waals surface area contributed by atoms with Crippen molar-refractivity contribution in [3.63, 3.8) is 0 Å². The van der Waals surface area contributed by atoms with Gasteiger partial charge in [-0.25, -0.2) is 0 Å². The largest absolute Gasteiger partial charge is 0.480 e. The fraction of sp³-hybridized carbons (Fsp3) is 0.850. The lowest BCUT2D eigenvalue weighted by molar-refractivity contribution is -0.143. The van der Waals surface area contributed by atoms with E-state index in [0.717, 1.165) is 28.7 Å². The van der Waals surface area contributed by atoms with E-state index in [-0.39, 0.29) is 24.0 Å². The summed E-state index contributed by atoms with van der Waals surface area (Å²) in [4.78, 5) is 33.1. The Morgan fingerprint density at radius 1 is 0.963 bits per heavy atom. The number of carboxylic acid groups (broad SMARTS) is 1. The fourth-order valence-corrected chi connectivity index (χ4v) is 4.20. The van der Waals surface area contributed by atoms with Gasteiger partial charge in [0, 0.05) is 38.2 Å². The average Bonchev–Trinajstić information content (AvgIpc) is 2.63. The first kappa shape index (κ1) is 24.0. The second kappa shape index (κ2) is 14.0. The molecule has 2 saturated carbocycles. The molecular formula is C20H36N2O4S. The monoisotopic (exact) mass is 400 g/mol. The van der Waals surface area contributed by atoms with Gasteiger partial charge in [0.15, 0.2) is 5.12 Å². The predicted molar refractivity (Wildman–Crippen MR) is 110 cm³/mol. The number of likely N-dealkylation sites (N-methyl/N-ethyl adjacent to an activating group) is 1. The van der Waals surface area contributed by atoms with Crippen LogP contribution < -0.4 is 5.32 Å². The molecular weight excluding hydrogens is 364 g/mol. The maximum Gasteiger partial charge on any atom is 0.323 e. The summed E-state index contributed by atoms with van der Waals surface area (Å²) in [6.07, 6.45) is 14.8. The predicted octanol–water partition coefficient (Wildman–Crippen LogP) is 3.44. The number of hydrogen-bond acceptors (Lipinski definition) is 5. The van der Waals surface area contributed by atoms with Gasteiger partial charge in [-0.2, -0.15) is 0 Å². The molecule has 0 aromatic rings. The number of nitrogens with one attached hydrogen (secondary N) is 1. The molecule has 0 heterocycles. The van der Waals surface area contributed by atoms with Gasteiger partial charge < -0.3 is 15.3 Å². The fourth-order valence-electron chi connectivity index (χ4n) is 3.64. The number of carboxylic acids is 1. The van der Waals surface area contributed by atoms with Crippen molar-refractivity contribution in [2.45, 2.75) is 89.6 Å². The van der Waals surface area contributed by atoms with E-state index < -0.39 is 5.97 Å². The lowest BCUT2D eigenvalue weighted by atomic mass is 9.91. The quantitative estimate of drug-likeness (QED) is 0.681. The highest BCUT2D eigenvalue weighted by Crippen LogP contribution is 2.22. The standard InChI is InChI=1S/C12H23N.C8H13NO4S/c1-3-7-11(8-4-1)13-12-9-5-2-6-10-12;1-6(10)14-4-3-7(11)9(2)5-8(12)13/h11-13H,1-10H2;3-5H2,1-2H3,(H,12,13). The van der Waals surface area contributed by atoms with E-state index in [1.807, 2.05) is 0 Å². The Balaban J connectivity index is 0.000000270. The zero-order chi connectivity index (χ0) is 20.1. The van der Waals surface area contributed by atoms with Crippen LogP contribution in [-0.4, -0.2) is 58.4 Å². The average molecular weight is 401 g/mol. The number of amides is 1. The van der Waals surface area contributed by atoms with Gasteiger partial charge in [0.05, 0.1) is 0 Å². The molecule has 0 aromatic carbocycles. The van der Waals surface area contributed by atoms with Gasteiger partial charge in [0.2, 0.25) is 5.91 Å². The molecule has 2 aliphatic carbocycles. The summed E-state index contributed by atoms with van der Waals surface area (Å²) in [5.41, 5.74) is 0. The number of aliphatic carboxylic acids is 1. The van der Waals surface area contributed by atoms with Crippen molar-refractivity contribution in [2.24, 2.45) is 0 Å². The Labute approximate surface area is 167 Å². The number of rotatable bonds is 7. The topological polar surface area (TPSA) is 86.7 Å². The maximum absolute atomic E-state index is 11.2. The first-order valence-electron chi connectivity index (χ1n) is 10.2. The summed E-state index contributed by atoms with van der Waals surface area (Å²) < 4.78 is 0. The van der Waals surface area contributed by atoms with Gasteiger partial charge in [0.25, 0.3) is 0 Å². The second-order valence-corrected chi connectivity index (χ2v) is 8.84. The van der Waals surface area contributed by atoms with Crippen molar-refractivity contribution in [3.8, 4) is 0 Å². The first-order chi connectivity index (χ1) is 12.9. The van der Waals surface area contributed by atoms with Crippen molar-refractivity contribution in [2.75, 3.05) is 19.3 Å². The molecule has 0 bridgehead atoms. The van der Waals surface area contributed by atoms with Gasteiger partial charge >= 0.3 is 5.97 Å². The van der Waals surface area contributed by atoms with Crippen LogP contribution in [0.3, 0.4) is 0 Å². The van der Waals surface area contributed by atoms with E-state index in [1.165, 1.54) is 78.2 Å². The van der Waals surface area contributed by atoms with Crippen LogP contribution >= 0.6 is 11.8 Å².